The Hall–Kier alpha value is -0.960. The van der Waals surface area contributed by atoms with Crippen LogP contribution < -0.4 is 5.32 Å². The zero-order valence-electron chi connectivity index (χ0n) is 11.7. The zero-order chi connectivity index (χ0) is 13.8. The Morgan fingerprint density at radius 2 is 1.89 bits per heavy atom. The highest BCUT2D eigenvalue weighted by Gasteiger charge is 2.19. The summed E-state index contributed by atoms with van der Waals surface area (Å²) in [5.41, 5.74) is 0.613. The van der Waals surface area contributed by atoms with E-state index in [2.05, 4.69) is 26.1 Å². The molecule has 1 unspecified atom stereocenters. The average molecular weight is 255 g/mol. The molecular weight excluding hydrogens is 232 g/mol. The highest BCUT2D eigenvalue weighted by Crippen LogP contribution is 2.23. The maximum Gasteiger partial charge on any atom is 0.126 e. The first-order valence-corrected chi connectivity index (χ1v) is 6.49. The molecule has 0 heterocycles. The number of nitrogens with one attached hydrogen (secondary N) is 1. The highest BCUT2D eigenvalue weighted by atomic mass is 19.1. The smallest absolute Gasteiger partial charge is 0.126 e. The molecule has 0 aliphatic heterocycles. The average Bonchev–Trinajstić information content (AvgIpc) is 2.21. The molecule has 3 heteroatoms. The van der Waals surface area contributed by atoms with Gasteiger partial charge in [0.1, 0.15) is 11.6 Å². The number of hydrogen-bond donors (Lipinski definition) is 1. The van der Waals surface area contributed by atoms with Crippen molar-refractivity contribution in [3.8, 4) is 0 Å². The zero-order valence-corrected chi connectivity index (χ0v) is 11.7. The summed E-state index contributed by atoms with van der Waals surface area (Å²) in [6.45, 7) is 9.31. The van der Waals surface area contributed by atoms with Crippen molar-refractivity contribution >= 4 is 0 Å². The predicted molar refractivity (Wildman–Crippen MR) is 71.6 cm³/mol. The van der Waals surface area contributed by atoms with E-state index < -0.39 is 0 Å². The summed E-state index contributed by atoms with van der Waals surface area (Å²) in [6, 6.07) is 3.82. The quantitative estimate of drug-likeness (QED) is 0.841. The van der Waals surface area contributed by atoms with Gasteiger partial charge < -0.3 is 5.32 Å². The van der Waals surface area contributed by atoms with Crippen LogP contribution in [0, 0.1) is 17.0 Å². The van der Waals surface area contributed by atoms with Crippen molar-refractivity contribution in [2.24, 2.45) is 5.41 Å². The van der Waals surface area contributed by atoms with Crippen molar-refractivity contribution in [1.29, 1.82) is 0 Å². The first-order valence-electron chi connectivity index (χ1n) is 6.49. The van der Waals surface area contributed by atoms with Crippen LogP contribution in [0.3, 0.4) is 0 Å². The lowest BCUT2D eigenvalue weighted by atomic mass is 9.85. The fourth-order valence-corrected chi connectivity index (χ4v) is 2.21. The number of halogens is 2. The third kappa shape index (κ3) is 5.13. The number of likely N-dealkylation sites (N-methyl/N-ethyl adjacent to an activating group) is 1. The lowest BCUT2D eigenvalue weighted by molar-refractivity contribution is 0.307. The number of rotatable bonds is 5. The molecule has 1 rings (SSSR count). The molecule has 1 nitrogen and oxygen atoms in total. The molecule has 0 fully saturated rings. The van der Waals surface area contributed by atoms with Crippen molar-refractivity contribution in [3.05, 3.63) is 35.4 Å². The Labute approximate surface area is 109 Å². The van der Waals surface area contributed by atoms with E-state index in [1.54, 1.807) is 0 Å². The molecule has 102 valence electrons. The predicted octanol–water partition coefficient (Wildman–Crippen LogP) is 3.92. The third-order valence-corrected chi connectivity index (χ3v) is 2.83. The Bertz CT molecular complexity index is 383. The lowest BCUT2D eigenvalue weighted by Crippen LogP contribution is -2.34. The summed E-state index contributed by atoms with van der Waals surface area (Å²) in [5, 5.41) is 3.35. The summed E-state index contributed by atoms with van der Waals surface area (Å²) in [4.78, 5) is 0. The third-order valence-electron chi connectivity index (χ3n) is 2.83. The van der Waals surface area contributed by atoms with Gasteiger partial charge in [-0.15, -0.1) is 0 Å². The molecule has 1 aromatic carbocycles. The second-order valence-corrected chi connectivity index (χ2v) is 5.96. The van der Waals surface area contributed by atoms with Crippen LogP contribution in [0.2, 0.25) is 0 Å². The number of benzene rings is 1. The van der Waals surface area contributed by atoms with Crippen LogP contribution in [0.1, 0.15) is 39.7 Å². The molecule has 0 spiro atoms. The maximum atomic E-state index is 13.6. The van der Waals surface area contributed by atoms with E-state index in [1.807, 2.05) is 6.92 Å². The van der Waals surface area contributed by atoms with Crippen LogP contribution >= 0.6 is 0 Å². The minimum atomic E-state index is -0.377. The van der Waals surface area contributed by atoms with Gasteiger partial charge >= 0.3 is 0 Å². The van der Waals surface area contributed by atoms with E-state index in [0.29, 0.717) is 12.0 Å². The van der Waals surface area contributed by atoms with E-state index in [9.17, 15) is 8.78 Å². The van der Waals surface area contributed by atoms with Crippen molar-refractivity contribution < 1.29 is 8.78 Å². The summed E-state index contributed by atoms with van der Waals surface area (Å²) in [5.74, 6) is -0.703. The molecule has 0 aliphatic rings. The van der Waals surface area contributed by atoms with Crippen LogP contribution in [-0.4, -0.2) is 12.6 Å². The summed E-state index contributed by atoms with van der Waals surface area (Å²) >= 11 is 0. The Morgan fingerprint density at radius 3 is 2.44 bits per heavy atom. The largest absolute Gasteiger partial charge is 0.314 e. The molecule has 0 saturated carbocycles. The van der Waals surface area contributed by atoms with Crippen LogP contribution in [0.15, 0.2) is 18.2 Å². The van der Waals surface area contributed by atoms with Gasteiger partial charge in [0, 0.05) is 6.04 Å². The maximum absolute atomic E-state index is 13.6. The van der Waals surface area contributed by atoms with Gasteiger partial charge in [-0.2, -0.15) is 0 Å². The molecule has 0 amide bonds. The molecule has 0 radical (unpaired) electrons. The summed E-state index contributed by atoms with van der Waals surface area (Å²) in [6.07, 6.45) is 1.45. The van der Waals surface area contributed by atoms with Gasteiger partial charge in [-0.3, -0.25) is 0 Å². The van der Waals surface area contributed by atoms with Gasteiger partial charge in [-0.05, 0) is 48.6 Å². The van der Waals surface area contributed by atoms with Gasteiger partial charge in [-0.25, -0.2) is 8.78 Å². The van der Waals surface area contributed by atoms with Gasteiger partial charge in [0.15, 0.2) is 0 Å². The lowest BCUT2D eigenvalue weighted by Gasteiger charge is -2.27. The Morgan fingerprint density at radius 1 is 1.22 bits per heavy atom. The summed E-state index contributed by atoms with van der Waals surface area (Å²) < 4.78 is 26.7. The van der Waals surface area contributed by atoms with Crippen molar-refractivity contribution in [3.63, 3.8) is 0 Å². The second kappa shape index (κ2) is 6.28. The standard InChI is InChI=1S/C15H23F2N/c1-5-18-13(10-15(2,3)4)9-11-8-12(16)6-7-14(11)17/h6-8,13,18H,5,9-10H2,1-4H3. The molecule has 1 N–H and O–H groups in total. The molecular formula is C15H23F2N. The molecule has 1 atom stereocenters. The fourth-order valence-electron chi connectivity index (χ4n) is 2.21. The first kappa shape index (κ1) is 15.1. The number of hydrogen-bond acceptors (Lipinski definition) is 1. The van der Waals surface area contributed by atoms with E-state index in [-0.39, 0.29) is 23.1 Å². The molecule has 1 aromatic rings. The van der Waals surface area contributed by atoms with E-state index >= 15 is 0 Å². The molecule has 0 bridgehead atoms. The molecule has 0 aromatic heterocycles. The molecule has 0 saturated heterocycles. The van der Waals surface area contributed by atoms with Crippen LogP contribution in [-0.2, 0) is 6.42 Å². The minimum Gasteiger partial charge on any atom is -0.314 e. The normalized spacial score (nSPS) is 13.7. The van der Waals surface area contributed by atoms with Gasteiger partial charge in [-0.1, -0.05) is 27.7 Å². The summed E-state index contributed by atoms with van der Waals surface area (Å²) in [7, 11) is 0. The van der Waals surface area contributed by atoms with Crippen molar-refractivity contribution in [2.75, 3.05) is 6.54 Å². The van der Waals surface area contributed by atoms with E-state index in [0.717, 1.165) is 19.0 Å². The van der Waals surface area contributed by atoms with Crippen LogP contribution in [0.5, 0.6) is 0 Å². The molecule has 18 heavy (non-hydrogen) atoms. The topological polar surface area (TPSA) is 12.0 Å². The molecule has 0 aliphatic carbocycles. The fraction of sp³-hybridized carbons (Fsp3) is 0.600. The Kier molecular flexibility index (Phi) is 5.27. The van der Waals surface area contributed by atoms with Gasteiger partial charge in [0.05, 0.1) is 0 Å². The van der Waals surface area contributed by atoms with E-state index in [4.69, 9.17) is 0 Å². The minimum absolute atomic E-state index is 0.163. The van der Waals surface area contributed by atoms with Crippen LogP contribution in [0.4, 0.5) is 8.78 Å². The second-order valence-electron chi connectivity index (χ2n) is 5.96. The van der Waals surface area contributed by atoms with Gasteiger partial charge in [0.2, 0.25) is 0 Å². The first-order chi connectivity index (χ1) is 8.31. The van der Waals surface area contributed by atoms with Crippen molar-refractivity contribution in [1.82, 2.24) is 5.32 Å². The highest BCUT2D eigenvalue weighted by molar-refractivity contribution is 5.19. The monoisotopic (exact) mass is 255 g/mol. The van der Waals surface area contributed by atoms with Crippen LogP contribution in [0.25, 0.3) is 0 Å². The Balaban J connectivity index is 2.79. The van der Waals surface area contributed by atoms with E-state index in [1.165, 1.54) is 12.1 Å². The van der Waals surface area contributed by atoms with Crippen molar-refractivity contribution in [2.45, 2.75) is 46.6 Å². The van der Waals surface area contributed by atoms with Gasteiger partial charge in [0.25, 0.3) is 0 Å². The SMILES string of the molecule is CCNC(Cc1cc(F)ccc1F)CC(C)(C)C.